The molecule has 1 aliphatic rings. The number of aromatic nitrogens is 2. The highest BCUT2D eigenvalue weighted by atomic mass is 19.3. The lowest BCUT2D eigenvalue weighted by Gasteiger charge is -2.26. The van der Waals surface area contributed by atoms with Gasteiger partial charge in [0.1, 0.15) is 52.8 Å². The molecule has 1 amide bonds. The third kappa shape index (κ3) is 5.90. The van der Waals surface area contributed by atoms with Crippen LogP contribution in [0.25, 0.3) is 22.2 Å². The van der Waals surface area contributed by atoms with E-state index in [2.05, 4.69) is 9.97 Å². The molecule has 43 heavy (non-hydrogen) atoms. The number of primary amides is 1. The van der Waals surface area contributed by atoms with Crippen LogP contribution in [0.2, 0.25) is 0 Å². The molecule has 8 nitrogen and oxygen atoms in total. The van der Waals surface area contributed by atoms with Crippen LogP contribution in [0, 0.1) is 12.7 Å². The molecule has 11 heteroatoms. The number of nitrogens with two attached hydrogens (primary N) is 1. The van der Waals surface area contributed by atoms with Crippen LogP contribution in [-0.4, -0.2) is 46.4 Å². The van der Waals surface area contributed by atoms with Crippen LogP contribution in [0.3, 0.4) is 0 Å². The number of fused-ring (bicyclic) bond motifs is 2. The third-order valence-electron chi connectivity index (χ3n) is 7.70. The molecular weight excluding hydrogens is 563 g/mol. The number of hydrogen-bond acceptors (Lipinski definition) is 7. The number of Topliss-reactive ketones (excluding diaryl/α,β-unsaturated/α-hetero) is 1. The van der Waals surface area contributed by atoms with Crippen molar-refractivity contribution in [3.63, 3.8) is 0 Å². The smallest absolute Gasteiger partial charge is 0.272 e. The zero-order valence-electron chi connectivity index (χ0n) is 23.8. The Kier molecular flexibility index (Phi) is 7.87. The number of carbonyl (C=O) groups excluding carboxylic acids is 2. The number of pyridine rings is 2. The van der Waals surface area contributed by atoms with Gasteiger partial charge in [-0.05, 0) is 81.3 Å². The number of ketones is 1. The fraction of sp³-hybridized carbons (Fsp3) is 0.312. The highest BCUT2D eigenvalue weighted by Crippen LogP contribution is 2.46. The van der Waals surface area contributed by atoms with Crippen molar-refractivity contribution in [1.29, 1.82) is 0 Å². The molecule has 0 spiro atoms. The number of halogens is 3. The largest absolute Gasteiger partial charge is 0.489 e. The molecule has 224 valence electrons. The van der Waals surface area contributed by atoms with Crippen LogP contribution >= 0.6 is 0 Å². The first kappa shape index (κ1) is 30.0. The minimum atomic E-state index is -2.71. The zero-order chi connectivity index (χ0) is 31.1. The number of rotatable bonds is 10. The number of benzene rings is 2. The van der Waals surface area contributed by atoms with Gasteiger partial charge in [-0.2, -0.15) is 0 Å². The molecular formula is C32H30F3N3O5. The maximum absolute atomic E-state index is 13.7. The molecule has 0 saturated heterocycles. The van der Waals surface area contributed by atoms with E-state index < -0.39 is 35.8 Å². The molecule has 3 N–H and O–H groups in total. The van der Waals surface area contributed by atoms with Gasteiger partial charge < -0.3 is 20.3 Å². The molecule has 2 aromatic carbocycles. The van der Waals surface area contributed by atoms with E-state index in [4.69, 9.17) is 15.2 Å². The summed E-state index contributed by atoms with van der Waals surface area (Å²) in [5.41, 5.74) is 5.61. The van der Waals surface area contributed by atoms with Crippen molar-refractivity contribution in [1.82, 2.24) is 9.97 Å². The number of aliphatic hydroxyl groups is 1. The Bertz CT molecular complexity index is 1730. The molecule has 2 aromatic heterocycles. The van der Waals surface area contributed by atoms with Crippen LogP contribution in [-0.2, 0) is 15.8 Å². The van der Waals surface area contributed by atoms with Gasteiger partial charge in [0.15, 0.2) is 5.78 Å². The number of hydrogen-bond donors (Lipinski definition) is 2. The first-order valence-corrected chi connectivity index (χ1v) is 13.6. The molecule has 4 aromatic rings. The second-order valence-electron chi connectivity index (χ2n) is 11.2. The van der Waals surface area contributed by atoms with E-state index in [9.17, 15) is 27.9 Å². The van der Waals surface area contributed by atoms with E-state index >= 15 is 0 Å². The van der Waals surface area contributed by atoms with Gasteiger partial charge in [0, 0.05) is 34.7 Å². The van der Waals surface area contributed by atoms with Crippen molar-refractivity contribution >= 4 is 22.6 Å². The van der Waals surface area contributed by atoms with Crippen LogP contribution < -0.4 is 15.2 Å². The minimum Gasteiger partial charge on any atom is -0.489 e. The number of nitrogens with zero attached hydrogens (tertiary/aromatic N) is 2. The van der Waals surface area contributed by atoms with Gasteiger partial charge in [-0.25, -0.2) is 18.2 Å². The first-order chi connectivity index (χ1) is 20.3. The number of amides is 1. The van der Waals surface area contributed by atoms with Gasteiger partial charge in [-0.15, -0.1) is 0 Å². The minimum absolute atomic E-state index is 0.0378. The second kappa shape index (κ2) is 11.3. The Morgan fingerprint density at radius 3 is 2.58 bits per heavy atom. The van der Waals surface area contributed by atoms with Gasteiger partial charge in [0.25, 0.3) is 6.43 Å². The summed E-state index contributed by atoms with van der Waals surface area (Å²) in [6, 6.07) is 11.8. The molecule has 2 atom stereocenters. The van der Waals surface area contributed by atoms with Crippen LogP contribution in [0.4, 0.5) is 13.2 Å². The highest BCUT2D eigenvalue weighted by molar-refractivity contribution is 6.01. The Hall–Kier alpha value is -4.51. The van der Waals surface area contributed by atoms with E-state index in [1.807, 2.05) is 6.92 Å². The summed E-state index contributed by atoms with van der Waals surface area (Å²) in [7, 11) is 0. The predicted molar refractivity (Wildman–Crippen MR) is 153 cm³/mol. The van der Waals surface area contributed by atoms with Gasteiger partial charge in [-0.1, -0.05) is 0 Å². The van der Waals surface area contributed by atoms with Crippen molar-refractivity contribution in [2.75, 3.05) is 13.2 Å². The van der Waals surface area contributed by atoms with Crippen molar-refractivity contribution in [2.45, 2.75) is 51.1 Å². The SMILES string of the molecule is Cc1cnc2c(OCC(F)F)cc(C(=O)CC[C@](C)(O)c3cc4c(c(-c5ccc(F)cc5)n3)OC[C@]4(C)C(N)=O)cc2c1. The Morgan fingerprint density at radius 2 is 1.91 bits per heavy atom. The molecule has 1 aliphatic heterocycles. The molecule has 0 bridgehead atoms. The lowest BCUT2D eigenvalue weighted by Crippen LogP contribution is -2.40. The van der Waals surface area contributed by atoms with Crippen molar-refractivity contribution in [2.24, 2.45) is 5.73 Å². The maximum Gasteiger partial charge on any atom is 0.272 e. The van der Waals surface area contributed by atoms with E-state index in [0.717, 1.165) is 5.56 Å². The van der Waals surface area contributed by atoms with E-state index in [1.165, 1.54) is 37.3 Å². The highest BCUT2D eigenvalue weighted by Gasteiger charge is 2.45. The fourth-order valence-corrected chi connectivity index (χ4v) is 5.05. The monoisotopic (exact) mass is 593 g/mol. The third-order valence-corrected chi connectivity index (χ3v) is 7.70. The summed E-state index contributed by atoms with van der Waals surface area (Å²) < 4.78 is 50.6. The summed E-state index contributed by atoms with van der Waals surface area (Å²) in [6.45, 7) is 4.04. The molecule has 3 heterocycles. The van der Waals surface area contributed by atoms with Gasteiger partial charge in [0.2, 0.25) is 5.91 Å². The summed E-state index contributed by atoms with van der Waals surface area (Å²) >= 11 is 0. The Balaban J connectivity index is 1.48. The topological polar surface area (TPSA) is 125 Å². The molecule has 5 rings (SSSR count). The van der Waals surface area contributed by atoms with Crippen LogP contribution in [0.15, 0.2) is 54.7 Å². The second-order valence-corrected chi connectivity index (χ2v) is 11.2. The molecule has 0 saturated carbocycles. The average Bonchev–Trinajstić information content (AvgIpc) is 3.32. The number of ether oxygens (including phenoxy) is 2. The number of alkyl halides is 2. The molecule has 0 fully saturated rings. The number of carbonyl (C=O) groups is 2. The van der Waals surface area contributed by atoms with E-state index in [1.54, 1.807) is 31.3 Å². The van der Waals surface area contributed by atoms with Crippen molar-refractivity contribution in [3.05, 3.63) is 82.9 Å². The summed E-state index contributed by atoms with van der Waals surface area (Å²) in [4.78, 5) is 34.7. The summed E-state index contributed by atoms with van der Waals surface area (Å²) in [5, 5.41) is 12.1. The quantitative estimate of drug-likeness (QED) is 0.236. The van der Waals surface area contributed by atoms with Crippen LogP contribution in [0.5, 0.6) is 11.5 Å². The molecule has 0 unspecified atom stereocenters. The van der Waals surface area contributed by atoms with Gasteiger partial charge >= 0.3 is 0 Å². The number of aryl methyl sites for hydroxylation is 1. The lowest BCUT2D eigenvalue weighted by atomic mass is 9.81. The van der Waals surface area contributed by atoms with E-state index in [-0.39, 0.29) is 42.2 Å². The Labute approximate surface area is 245 Å². The standard InChI is InChI=1S/C32H30F3N3O5/c1-17-10-20-11-19(12-24(27(20)37-14-17)42-15-26(34)35)23(39)8-9-32(3,41)25-13-22-29(43-16-31(22,2)30(36)40)28(38-25)18-4-6-21(33)7-5-18/h4-7,10-14,26,41H,8-9,15-16H2,1-3H3,(H2,36,40)/t31-,32-/m0/s1. The maximum atomic E-state index is 13.7. The normalized spacial score (nSPS) is 17.4. The van der Waals surface area contributed by atoms with E-state index in [0.29, 0.717) is 33.5 Å². The Morgan fingerprint density at radius 1 is 1.19 bits per heavy atom. The van der Waals surface area contributed by atoms with Gasteiger partial charge in [0.05, 0.1) is 5.69 Å². The summed E-state index contributed by atoms with van der Waals surface area (Å²) in [5.74, 6) is -1.08. The fourth-order valence-electron chi connectivity index (χ4n) is 5.05. The summed E-state index contributed by atoms with van der Waals surface area (Å²) in [6.07, 6.45) is -1.35. The zero-order valence-corrected chi connectivity index (χ0v) is 23.8. The lowest BCUT2D eigenvalue weighted by molar-refractivity contribution is -0.123. The molecule has 0 radical (unpaired) electrons. The van der Waals surface area contributed by atoms with Crippen molar-refractivity contribution < 1.29 is 37.3 Å². The predicted octanol–water partition coefficient (Wildman–Crippen LogP) is 5.39. The average molecular weight is 594 g/mol. The van der Waals surface area contributed by atoms with Crippen molar-refractivity contribution in [3.8, 4) is 22.8 Å². The van der Waals surface area contributed by atoms with Crippen LogP contribution in [0.1, 0.15) is 53.9 Å². The molecule has 0 aliphatic carbocycles. The first-order valence-electron chi connectivity index (χ1n) is 13.6. The van der Waals surface area contributed by atoms with Gasteiger partial charge in [-0.3, -0.25) is 14.6 Å².